The first-order chi connectivity index (χ1) is 8.97. The molecule has 0 bridgehead atoms. The minimum absolute atomic E-state index is 0.00472. The Kier molecular flexibility index (Phi) is 4.40. The Hall–Kier alpha value is -1.16. The molecule has 19 heavy (non-hydrogen) atoms. The molecule has 100 valence electrons. The summed E-state index contributed by atoms with van der Waals surface area (Å²) in [4.78, 5) is 0. The molecule has 0 heterocycles. The standard InChI is InChI=1S/C14H10Cl2F2O/c15-11-7-9(17)2-3-10(11)14(19)6-8-1-4-13(18)12(16)5-8/h1-5,7,14,19H,6H2. The van der Waals surface area contributed by atoms with Gasteiger partial charge in [-0.05, 0) is 35.4 Å². The molecule has 0 radical (unpaired) electrons. The number of aliphatic hydroxyl groups excluding tert-OH is 1. The van der Waals surface area contributed by atoms with E-state index >= 15 is 0 Å². The van der Waals surface area contributed by atoms with Crippen LogP contribution in [-0.4, -0.2) is 5.11 Å². The third-order valence-electron chi connectivity index (χ3n) is 2.73. The fourth-order valence-corrected chi connectivity index (χ4v) is 2.27. The number of benzene rings is 2. The molecule has 1 atom stereocenters. The average molecular weight is 303 g/mol. The summed E-state index contributed by atoms with van der Waals surface area (Å²) in [5, 5.41) is 10.2. The van der Waals surface area contributed by atoms with Crippen molar-refractivity contribution in [1.29, 1.82) is 0 Å². The molecule has 2 aromatic carbocycles. The van der Waals surface area contributed by atoms with E-state index in [1.54, 1.807) is 0 Å². The van der Waals surface area contributed by atoms with Gasteiger partial charge in [-0.1, -0.05) is 35.3 Å². The molecule has 0 aliphatic carbocycles. The summed E-state index contributed by atoms with van der Waals surface area (Å²) in [5.74, 6) is -0.981. The van der Waals surface area contributed by atoms with Crippen LogP contribution >= 0.6 is 23.2 Å². The highest BCUT2D eigenvalue weighted by molar-refractivity contribution is 6.31. The van der Waals surface area contributed by atoms with E-state index in [4.69, 9.17) is 23.2 Å². The molecule has 5 heteroatoms. The van der Waals surface area contributed by atoms with Crippen molar-refractivity contribution >= 4 is 23.2 Å². The largest absolute Gasteiger partial charge is 0.388 e. The van der Waals surface area contributed by atoms with Crippen molar-refractivity contribution in [3.8, 4) is 0 Å². The Morgan fingerprint density at radius 3 is 2.37 bits per heavy atom. The Morgan fingerprint density at radius 2 is 1.74 bits per heavy atom. The Bertz CT molecular complexity index is 602. The lowest BCUT2D eigenvalue weighted by molar-refractivity contribution is 0.178. The maximum Gasteiger partial charge on any atom is 0.141 e. The maximum absolute atomic E-state index is 13.0. The lowest BCUT2D eigenvalue weighted by atomic mass is 10.0. The molecule has 2 aromatic rings. The van der Waals surface area contributed by atoms with Crippen LogP contribution in [0, 0.1) is 11.6 Å². The van der Waals surface area contributed by atoms with Gasteiger partial charge in [0.25, 0.3) is 0 Å². The van der Waals surface area contributed by atoms with Crippen molar-refractivity contribution in [2.24, 2.45) is 0 Å². The highest BCUT2D eigenvalue weighted by Gasteiger charge is 2.13. The van der Waals surface area contributed by atoms with E-state index in [2.05, 4.69) is 0 Å². The van der Waals surface area contributed by atoms with E-state index in [0.29, 0.717) is 11.1 Å². The van der Waals surface area contributed by atoms with Crippen LogP contribution in [0.5, 0.6) is 0 Å². The van der Waals surface area contributed by atoms with Crippen molar-refractivity contribution in [1.82, 2.24) is 0 Å². The Labute approximate surface area is 119 Å². The zero-order valence-corrected chi connectivity index (χ0v) is 11.2. The van der Waals surface area contributed by atoms with Gasteiger partial charge in [0.15, 0.2) is 0 Å². The van der Waals surface area contributed by atoms with Crippen LogP contribution < -0.4 is 0 Å². The predicted molar refractivity (Wildman–Crippen MR) is 71.5 cm³/mol. The molecule has 0 amide bonds. The van der Waals surface area contributed by atoms with Gasteiger partial charge in [-0.2, -0.15) is 0 Å². The monoisotopic (exact) mass is 302 g/mol. The smallest absolute Gasteiger partial charge is 0.141 e. The minimum atomic E-state index is -0.908. The van der Waals surface area contributed by atoms with E-state index in [9.17, 15) is 13.9 Å². The topological polar surface area (TPSA) is 20.2 Å². The lowest BCUT2D eigenvalue weighted by Crippen LogP contribution is -2.03. The van der Waals surface area contributed by atoms with Crippen molar-refractivity contribution in [3.05, 3.63) is 69.2 Å². The van der Waals surface area contributed by atoms with Crippen LogP contribution in [0.2, 0.25) is 10.0 Å². The average Bonchev–Trinajstić information content (AvgIpc) is 2.33. The number of halogens is 4. The summed E-state index contributed by atoms with van der Waals surface area (Å²) in [6, 6.07) is 7.99. The van der Waals surface area contributed by atoms with Crippen molar-refractivity contribution in [2.45, 2.75) is 12.5 Å². The fraction of sp³-hybridized carbons (Fsp3) is 0.143. The molecule has 0 fully saturated rings. The van der Waals surface area contributed by atoms with Gasteiger partial charge in [-0.3, -0.25) is 0 Å². The molecule has 0 saturated carbocycles. The molecule has 0 saturated heterocycles. The van der Waals surface area contributed by atoms with Gasteiger partial charge in [-0.15, -0.1) is 0 Å². The molecule has 0 aliphatic heterocycles. The summed E-state index contributed by atoms with van der Waals surface area (Å²) in [7, 11) is 0. The van der Waals surface area contributed by atoms with Gasteiger partial charge in [0.1, 0.15) is 11.6 Å². The molecule has 1 N–H and O–H groups in total. The first-order valence-corrected chi connectivity index (χ1v) is 6.30. The van der Waals surface area contributed by atoms with Gasteiger partial charge in [0.05, 0.1) is 11.1 Å². The first kappa shape index (κ1) is 14.3. The van der Waals surface area contributed by atoms with E-state index in [-0.39, 0.29) is 16.5 Å². The predicted octanol–water partition coefficient (Wildman–Crippen LogP) is 4.55. The van der Waals surface area contributed by atoms with Gasteiger partial charge in [0, 0.05) is 11.4 Å². The molecule has 1 nitrogen and oxygen atoms in total. The summed E-state index contributed by atoms with van der Waals surface area (Å²) in [6.45, 7) is 0. The summed E-state index contributed by atoms with van der Waals surface area (Å²) < 4.78 is 25.9. The van der Waals surface area contributed by atoms with E-state index in [1.807, 2.05) is 0 Å². The van der Waals surface area contributed by atoms with Gasteiger partial charge < -0.3 is 5.11 Å². The van der Waals surface area contributed by atoms with Crippen molar-refractivity contribution in [2.75, 3.05) is 0 Å². The van der Waals surface area contributed by atoms with Gasteiger partial charge >= 0.3 is 0 Å². The summed E-state index contributed by atoms with van der Waals surface area (Å²) in [6.07, 6.45) is -0.694. The van der Waals surface area contributed by atoms with Crippen LogP contribution in [0.4, 0.5) is 8.78 Å². The van der Waals surface area contributed by atoms with E-state index in [0.717, 1.165) is 6.07 Å². The van der Waals surface area contributed by atoms with Crippen LogP contribution in [0.25, 0.3) is 0 Å². The number of hydrogen-bond donors (Lipinski definition) is 1. The van der Waals surface area contributed by atoms with Crippen LogP contribution in [-0.2, 0) is 6.42 Å². The SMILES string of the molecule is OC(Cc1ccc(F)c(Cl)c1)c1ccc(F)cc1Cl. The zero-order chi connectivity index (χ0) is 14.0. The normalized spacial score (nSPS) is 12.5. The van der Waals surface area contributed by atoms with E-state index in [1.165, 1.54) is 30.3 Å². The first-order valence-electron chi connectivity index (χ1n) is 5.54. The summed E-state index contributed by atoms with van der Waals surface area (Å²) >= 11 is 11.5. The Morgan fingerprint density at radius 1 is 1.00 bits per heavy atom. The number of aliphatic hydroxyl groups is 1. The van der Waals surface area contributed by atoms with Crippen molar-refractivity contribution < 1.29 is 13.9 Å². The molecule has 2 rings (SSSR count). The molecular formula is C14H10Cl2F2O. The maximum atomic E-state index is 13.0. The van der Waals surface area contributed by atoms with Crippen LogP contribution in [0.3, 0.4) is 0 Å². The minimum Gasteiger partial charge on any atom is -0.388 e. The highest BCUT2D eigenvalue weighted by Crippen LogP contribution is 2.27. The summed E-state index contributed by atoms with van der Waals surface area (Å²) in [5.41, 5.74) is 1.09. The Balaban J connectivity index is 2.20. The third-order valence-corrected chi connectivity index (χ3v) is 3.35. The second-order valence-electron chi connectivity index (χ2n) is 4.13. The van der Waals surface area contributed by atoms with Gasteiger partial charge in [0.2, 0.25) is 0 Å². The lowest BCUT2D eigenvalue weighted by Gasteiger charge is -2.13. The molecule has 1 unspecified atom stereocenters. The quantitative estimate of drug-likeness (QED) is 0.882. The molecule has 0 aliphatic rings. The molecular weight excluding hydrogens is 293 g/mol. The second-order valence-corrected chi connectivity index (χ2v) is 4.95. The second kappa shape index (κ2) is 5.87. The third kappa shape index (κ3) is 3.44. The zero-order valence-electron chi connectivity index (χ0n) is 9.71. The highest BCUT2D eigenvalue weighted by atomic mass is 35.5. The number of hydrogen-bond acceptors (Lipinski definition) is 1. The van der Waals surface area contributed by atoms with Crippen LogP contribution in [0.1, 0.15) is 17.2 Å². The molecule has 0 aromatic heterocycles. The fourth-order valence-electron chi connectivity index (χ4n) is 1.77. The van der Waals surface area contributed by atoms with E-state index < -0.39 is 17.7 Å². The van der Waals surface area contributed by atoms with Crippen LogP contribution in [0.15, 0.2) is 36.4 Å². The van der Waals surface area contributed by atoms with Crippen molar-refractivity contribution in [3.63, 3.8) is 0 Å². The van der Waals surface area contributed by atoms with Gasteiger partial charge in [-0.25, -0.2) is 8.78 Å². The molecule has 0 spiro atoms. The number of rotatable bonds is 3.